The van der Waals surface area contributed by atoms with Gasteiger partial charge in [0.2, 0.25) is 0 Å². The molecule has 4 unspecified atom stereocenters. The summed E-state index contributed by atoms with van der Waals surface area (Å²) < 4.78 is 4.98. The lowest BCUT2D eigenvalue weighted by molar-refractivity contribution is -0.145. The zero-order valence-electron chi connectivity index (χ0n) is 17.6. The number of likely N-dealkylation sites (tertiary alicyclic amines) is 2. The molecule has 2 aliphatic rings. The number of carbonyl (C=O) groups excluding carboxylic acids is 1. The Morgan fingerprint density at radius 2 is 2.25 bits per heavy atom. The lowest BCUT2D eigenvalue weighted by Crippen LogP contribution is -2.42. The van der Waals surface area contributed by atoms with Crippen molar-refractivity contribution in [1.29, 1.82) is 0 Å². The van der Waals surface area contributed by atoms with Crippen LogP contribution in [0.4, 0.5) is 0 Å². The Bertz CT molecular complexity index is 663. The fourth-order valence-corrected chi connectivity index (χ4v) is 5.57. The van der Waals surface area contributed by atoms with Crippen LogP contribution in [0.25, 0.3) is 0 Å². The van der Waals surface area contributed by atoms with E-state index < -0.39 is 0 Å². The van der Waals surface area contributed by atoms with E-state index in [2.05, 4.69) is 53.5 Å². The Morgan fingerprint density at radius 1 is 1.43 bits per heavy atom. The van der Waals surface area contributed by atoms with Crippen molar-refractivity contribution >= 4 is 23.3 Å². The monoisotopic (exact) mass is 406 g/mol. The molecule has 3 rings (SSSR count). The second-order valence-electron chi connectivity index (χ2n) is 8.05. The molecule has 2 saturated heterocycles. The summed E-state index contributed by atoms with van der Waals surface area (Å²) in [5, 5.41) is 5.60. The average Bonchev–Trinajstić information content (AvgIpc) is 3.34. The second kappa shape index (κ2) is 9.74. The molecule has 0 amide bonds. The van der Waals surface area contributed by atoms with Crippen LogP contribution in [0.2, 0.25) is 0 Å². The first-order valence-corrected chi connectivity index (χ1v) is 11.3. The smallest absolute Gasteiger partial charge is 0.310 e. The zero-order chi connectivity index (χ0) is 20.1. The number of aliphatic imine (C=N–C) groups is 1. The fourth-order valence-electron chi connectivity index (χ4n) is 4.59. The lowest BCUT2D eigenvalue weighted by atomic mass is 9.88. The molecule has 1 N–H and O–H groups in total. The van der Waals surface area contributed by atoms with Gasteiger partial charge in [-0.15, -0.1) is 11.3 Å². The van der Waals surface area contributed by atoms with Crippen molar-refractivity contribution in [2.75, 3.05) is 46.9 Å². The molecule has 0 aromatic carbocycles. The SMILES string of the molecule is CCNC(=NCC1CCCN(C)C1c1cccs1)N1CC(C)C(C(=O)OC)C1. The van der Waals surface area contributed by atoms with Crippen LogP contribution in [0.3, 0.4) is 0 Å². The summed E-state index contributed by atoms with van der Waals surface area (Å²) in [7, 11) is 3.70. The summed E-state index contributed by atoms with van der Waals surface area (Å²) in [6, 6.07) is 4.84. The normalized spacial score (nSPS) is 29.1. The van der Waals surface area contributed by atoms with E-state index in [1.165, 1.54) is 24.8 Å². The number of hydrogen-bond acceptors (Lipinski definition) is 5. The summed E-state index contributed by atoms with van der Waals surface area (Å²) >= 11 is 1.85. The fraction of sp³-hybridized carbons (Fsp3) is 0.714. The first kappa shape index (κ1) is 21.1. The quantitative estimate of drug-likeness (QED) is 0.463. The maximum absolute atomic E-state index is 12.1. The van der Waals surface area contributed by atoms with Crippen molar-refractivity contribution in [2.45, 2.75) is 32.7 Å². The predicted molar refractivity (Wildman–Crippen MR) is 115 cm³/mol. The number of nitrogens with one attached hydrogen (secondary N) is 1. The predicted octanol–water partition coefficient (Wildman–Crippen LogP) is 2.84. The van der Waals surface area contributed by atoms with Gasteiger partial charge in [-0.05, 0) is 56.6 Å². The molecule has 0 radical (unpaired) electrons. The van der Waals surface area contributed by atoms with Gasteiger partial charge in [0.15, 0.2) is 5.96 Å². The average molecular weight is 407 g/mol. The molecule has 0 spiro atoms. The van der Waals surface area contributed by atoms with Crippen LogP contribution in [0, 0.1) is 17.8 Å². The minimum atomic E-state index is -0.113. The van der Waals surface area contributed by atoms with E-state index in [0.717, 1.165) is 32.1 Å². The second-order valence-corrected chi connectivity index (χ2v) is 9.03. The molecule has 1 aromatic rings. The molecule has 0 saturated carbocycles. The standard InChI is InChI=1S/C21H34N4O2S/c1-5-22-21(25-13-15(2)17(14-25)20(26)27-4)23-12-16-8-6-10-24(3)19(16)18-9-7-11-28-18/h7,9,11,15-17,19H,5-6,8,10,12-14H2,1-4H3,(H,22,23). The molecular formula is C21H34N4O2S. The first-order valence-electron chi connectivity index (χ1n) is 10.4. The largest absolute Gasteiger partial charge is 0.469 e. The number of hydrogen-bond donors (Lipinski definition) is 1. The van der Waals surface area contributed by atoms with E-state index >= 15 is 0 Å². The minimum absolute atomic E-state index is 0.0754. The highest BCUT2D eigenvalue weighted by Gasteiger charge is 2.37. The van der Waals surface area contributed by atoms with Gasteiger partial charge >= 0.3 is 5.97 Å². The molecule has 2 aliphatic heterocycles. The Kier molecular flexibility index (Phi) is 7.35. The van der Waals surface area contributed by atoms with E-state index in [0.29, 0.717) is 18.5 Å². The summed E-state index contributed by atoms with van der Waals surface area (Å²) in [6.07, 6.45) is 2.43. The van der Waals surface area contributed by atoms with Crippen molar-refractivity contribution in [3.05, 3.63) is 22.4 Å². The lowest BCUT2D eigenvalue weighted by Gasteiger charge is -2.38. The van der Waals surface area contributed by atoms with Crippen molar-refractivity contribution < 1.29 is 9.53 Å². The van der Waals surface area contributed by atoms with Gasteiger partial charge in [0.1, 0.15) is 0 Å². The van der Waals surface area contributed by atoms with Gasteiger partial charge in [-0.3, -0.25) is 14.7 Å². The third-order valence-corrected chi connectivity index (χ3v) is 7.01. The molecule has 1 aromatic heterocycles. The highest BCUT2D eigenvalue weighted by molar-refractivity contribution is 7.10. The van der Waals surface area contributed by atoms with Crippen LogP contribution >= 0.6 is 11.3 Å². The number of piperidine rings is 1. The summed E-state index contributed by atoms with van der Waals surface area (Å²) in [5.74, 6) is 1.53. The van der Waals surface area contributed by atoms with Gasteiger partial charge < -0.3 is 15.0 Å². The number of guanidine groups is 1. The molecule has 0 aliphatic carbocycles. The number of methoxy groups -OCH3 is 1. The van der Waals surface area contributed by atoms with Crippen molar-refractivity contribution in [3.63, 3.8) is 0 Å². The van der Waals surface area contributed by atoms with E-state index in [9.17, 15) is 4.79 Å². The van der Waals surface area contributed by atoms with Crippen molar-refractivity contribution in [1.82, 2.24) is 15.1 Å². The Labute approximate surface area is 173 Å². The highest BCUT2D eigenvalue weighted by Crippen LogP contribution is 2.37. The topological polar surface area (TPSA) is 57.2 Å². The third kappa shape index (κ3) is 4.69. The van der Waals surface area contributed by atoms with Gasteiger partial charge in [-0.2, -0.15) is 0 Å². The van der Waals surface area contributed by atoms with E-state index in [1.54, 1.807) is 0 Å². The van der Waals surface area contributed by atoms with Gasteiger partial charge in [0, 0.05) is 37.1 Å². The number of nitrogens with zero attached hydrogens (tertiary/aromatic N) is 3. The summed E-state index contributed by atoms with van der Waals surface area (Å²) in [4.78, 5) is 23.2. The molecule has 7 heteroatoms. The van der Waals surface area contributed by atoms with Crippen LogP contribution in [0.1, 0.15) is 37.6 Å². The van der Waals surface area contributed by atoms with E-state index in [4.69, 9.17) is 9.73 Å². The Balaban J connectivity index is 1.72. The molecule has 6 nitrogen and oxygen atoms in total. The highest BCUT2D eigenvalue weighted by atomic mass is 32.1. The number of rotatable bonds is 5. The van der Waals surface area contributed by atoms with Crippen LogP contribution in [-0.2, 0) is 9.53 Å². The van der Waals surface area contributed by atoms with Gasteiger partial charge in [-0.1, -0.05) is 13.0 Å². The van der Waals surface area contributed by atoms with Crippen LogP contribution in [0.5, 0.6) is 0 Å². The summed E-state index contributed by atoms with van der Waals surface area (Å²) in [6.45, 7) is 8.51. The minimum Gasteiger partial charge on any atom is -0.469 e. The third-order valence-electron chi connectivity index (χ3n) is 6.07. The molecule has 156 valence electrons. The van der Waals surface area contributed by atoms with Crippen molar-refractivity contribution in [2.24, 2.45) is 22.7 Å². The van der Waals surface area contributed by atoms with Gasteiger partial charge in [-0.25, -0.2) is 0 Å². The Morgan fingerprint density at radius 3 is 2.93 bits per heavy atom. The van der Waals surface area contributed by atoms with Crippen molar-refractivity contribution in [3.8, 4) is 0 Å². The van der Waals surface area contributed by atoms with E-state index in [-0.39, 0.29) is 17.8 Å². The number of esters is 1. The first-order chi connectivity index (χ1) is 13.5. The molecule has 0 bridgehead atoms. The van der Waals surface area contributed by atoms with Crippen LogP contribution in [0.15, 0.2) is 22.5 Å². The summed E-state index contributed by atoms with van der Waals surface area (Å²) in [5.41, 5.74) is 0. The maximum Gasteiger partial charge on any atom is 0.310 e. The van der Waals surface area contributed by atoms with Gasteiger partial charge in [0.25, 0.3) is 0 Å². The molecular weight excluding hydrogens is 372 g/mol. The number of carbonyl (C=O) groups is 1. The molecule has 2 fully saturated rings. The molecule has 28 heavy (non-hydrogen) atoms. The zero-order valence-corrected chi connectivity index (χ0v) is 18.4. The Hall–Kier alpha value is -1.60. The van der Waals surface area contributed by atoms with Crippen LogP contribution < -0.4 is 5.32 Å². The maximum atomic E-state index is 12.1. The van der Waals surface area contributed by atoms with E-state index in [1.807, 2.05) is 11.3 Å². The van der Waals surface area contributed by atoms with Crippen LogP contribution in [-0.4, -0.2) is 68.6 Å². The molecule has 4 atom stereocenters. The molecule has 3 heterocycles. The number of ether oxygens (including phenoxy) is 1. The van der Waals surface area contributed by atoms with Gasteiger partial charge in [0.05, 0.1) is 13.0 Å². The number of thiophene rings is 1.